The van der Waals surface area contributed by atoms with Crippen LogP contribution in [0, 0.1) is 5.41 Å². The first kappa shape index (κ1) is 21.9. The van der Waals surface area contributed by atoms with E-state index in [2.05, 4.69) is 52.9 Å². The zero-order valence-electron chi connectivity index (χ0n) is 18.8. The number of rotatable bonds is 4. The predicted molar refractivity (Wildman–Crippen MR) is 124 cm³/mol. The SMILES string of the molecule is CC(C)(C)N1C(=O)C2(CCNCC2)C[C@H]1CCN1CCN(c2cccc(Cl)c2)CC1. The van der Waals surface area contributed by atoms with E-state index in [4.69, 9.17) is 11.6 Å². The van der Waals surface area contributed by atoms with Crippen LogP contribution in [0.25, 0.3) is 0 Å². The van der Waals surface area contributed by atoms with Gasteiger partial charge in [0.25, 0.3) is 0 Å². The summed E-state index contributed by atoms with van der Waals surface area (Å²) >= 11 is 6.17. The van der Waals surface area contributed by atoms with Crippen molar-refractivity contribution in [1.29, 1.82) is 0 Å². The lowest BCUT2D eigenvalue weighted by molar-refractivity contribution is -0.142. The molecule has 1 amide bonds. The van der Waals surface area contributed by atoms with E-state index in [-0.39, 0.29) is 11.0 Å². The standard InChI is InChI=1S/C24H37ClN4O/c1-23(2,3)29-21(18-24(22(29)30)8-10-26-11-9-24)7-12-27-13-15-28(16-14-27)20-6-4-5-19(25)17-20/h4-6,17,21,26H,7-16,18H2,1-3H3/t21-/m1/s1. The van der Waals surface area contributed by atoms with Crippen LogP contribution >= 0.6 is 11.6 Å². The van der Waals surface area contributed by atoms with Crippen molar-refractivity contribution in [2.45, 2.75) is 58.0 Å². The van der Waals surface area contributed by atoms with Gasteiger partial charge in [-0.2, -0.15) is 0 Å². The summed E-state index contributed by atoms with van der Waals surface area (Å²) < 4.78 is 0. The first-order valence-electron chi connectivity index (χ1n) is 11.6. The lowest BCUT2D eigenvalue weighted by Crippen LogP contribution is -2.51. The Kier molecular flexibility index (Phi) is 6.34. The average Bonchev–Trinajstić information content (AvgIpc) is 2.98. The molecule has 1 atom stereocenters. The summed E-state index contributed by atoms with van der Waals surface area (Å²) in [4.78, 5) is 20.7. The molecule has 0 saturated carbocycles. The van der Waals surface area contributed by atoms with Crippen LogP contribution in [0.15, 0.2) is 24.3 Å². The molecule has 3 saturated heterocycles. The van der Waals surface area contributed by atoms with Gasteiger partial charge >= 0.3 is 0 Å². The highest BCUT2D eigenvalue weighted by atomic mass is 35.5. The van der Waals surface area contributed by atoms with Crippen LogP contribution in [0.3, 0.4) is 0 Å². The Bertz CT molecular complexity index is 748. The zero-order valence-corrected chi connectivity index (χ0v) is 19.5. The molecule has 1 N–H and O–H groups in total. The van der Waals surface area contributed by atoms with Crippen molar-refractivity contribution in [3.8, 4) is 0 Å². The quantitative estimate of drug-likeness (QED) is 0.788. The summed E-state index contributed by atoms with van der Waals surface area (Å²) in [6.07, 6.45) is 4.10. The Morgan fingerprint density at radius 2 is 1.83 bits per heavy atom. The lowest BCUT2D eigenvalue weighted by Gasteiger charge is -2.40. The highest BCUT2D eigenvalue weighted by Gasteiger charge is 2.54. The zero-order chi connectivity index (χ0) is 21.4. The highest BCUT2D eigenvalue weighted by molar-refractivity contribution is 6.30. The molecule has 0 aliphatic carbocycles. The van der Waals surface area contributed by atoms with E-state index in [1.54, 1.807) is 0 Å². The van der Waals surface area contributed by atoms with E-state index in [1.165, 1.54) is 5.69 Å². The van der Waals surface area contributed by atoms with Crippen molar-refractivity contribution in [2.75, 3.05) is 50.7 Å². The number of amides is 1. The third-order valence-corrected chi connectivity index (χ3v) is 7.51. The molecule has 166 valence electrons. The molecular formula is C24H37ClN4O. The minimum Gasteiger partial charge on any atom is -0.369 e. The molecule has 0 aromatic heterocycles. The van der Waals surface area contributed by atoms with Crippen LogP contribution in [-0.4, -0.2) is 73.1 Å². The van der Waals surface area contributed by atoms with Gasteiger partial charge in [0, 0.05) is 55.0 Å². The molecule has 3 aliphatic heterocycles. The Balaban J connectivity index is 1.35. The van der Waals surface area contributed by atoms with Crippen molar-refractivity contribution in [3.05, 3.63) is 29.3 Å². The lowest BCUT2D eigenvalue weighted by atomic mass is 9.76. The van der Waals surface area contributed by atoms with Gasteiger partial charge in [-0.05, 0) is 77.7 Å². The Labute approximate surface area is 186 Å². The second kappa shape index (κ2) is 8.68. The molecule has 0 bridgehead atoms. The number of nitrogens with zero attached hydrogens (tertiary/aromatic N) is 3. The number of halogens is 1. The van der Waals surface area contributed by atoms with Gasteiger partial charge in [-0.3, -0.25) is 9.69 Å². The van der Waals surface area contributed by atoms with E-state index in [1.807, 2.05) is 12.1 Å². The Hall–Kier alpha value is -1.30. The highest BCUT2D eigenvalue weighted by Crippen LogP contribution is 2.46. The van der Waals surface area contributed by atoms with Crippen LogP contribution in [-0.2, 0) is 4.79 Å². The summed E-state index contributed by atoms with van der Waals surface area (Å²) in [5.74, 6) is 0.410. The first-order chi connectivity index (χ1) is 14.3. The minimum atomic E-state index is -0.117. The Morgan fingerprint density at radius 1 is 1.13 bits per heavy atom. The number of hydrogen-bond acceptors (Lipinski definition) is 4. The number of piperazine rings is 1. The van der Waals surface area contributed by atoms with Crippen molar-refractivity contribution in [2.24, 2.45) is 5.41 Å². The third-order valence-electron chi connectivity index (χ3n) is 7.27. The number of anilines is 1. The van der Waals surface area contributed by atoms with Crippen molar-refractivity contribution in [3.63, 3.8) is 0 Å². The molecule has 30 heavy (non-hydrogen) atoms. The second-order valence-corrected chi connectivity index (χ2v) is 10.8. The number of piperidine rings is 1. The normalized spacial score (nSPS) is 25.3. The minimum absolute atomic E-state index is 0.110. The number of likely N-dealkylation sites (tertiary alicyclic amines) is 1. The van der Waals surface area contributed by atoms with Crippen molar-refractivity contribution >= 4 is 23.2 Å². The van der Waals surface area contributed by atoms with Gasteiger partial charge in [0.15, 0.2) is 0 Å². The molecule has 1 aromatic rings. The van der Waals surface area contributed by atoms with Gasteiger partial charge in [-0.1, -0.05) is 17.7 Å². The van der Waals surface area contributed by atoms with Gasteiger partial charge in [-0.25, -0.2) is 0 Å². The number of nitrogens with one attached hydrogen (secondary N) is 1. The molecule has 5 nitrogen and oxygen atoms in total. The smallest absolute Gasteiger partial charge is 0.229 e. The van der Waals surface area contributed by atoms with Gasteiger partial charge in [0.05, 0.1) is 5.41 Å². The van der Waals surface area contributed by atoms with Crippen molar-refractivity contribution < 1.29 is 4.79 Å². The maximum absolute atomic E-state index is 13.5. The fraction of sp³-hybridized carbons (Fsp3) is 0.708. The number of carbonyl (C=O) groups is 1. The maximum atomic E-state index is 13.5. The molecule has 0 radical (unpaired) electrons. The fourth-order valence-corrected chi connectivity index (χ4v) is 5.88. The van der Waals surface area contributed by atoms with Gasteiger partial charge in [-0.15, -0.1) is 0 Å². The average molecular weight is 433 g/mol. The molecular weight excluding hydrogens is 396 g/mol. The molecule has 4 rings (SSSR count). The number of benzene rings is 1. The van der Waals surface area contributed by atoms with Crippen LogP contribution in [0.1, 0.15) is 46.5 Å². The van der Waals surface area contributed by atoms with E-state index >= 15 is 0 Å². The molecule has 3 heterocycles. The Morgan fingerprint density at radius 3 is 2.47 bits per heavy atom. The van der Waals surface area contributed by atoms with E-state index in [9.17, 15) is 4.79 Å². The monoisotopic (exact) mass is 432 g/mol. The van der Waals surface area contributed by atoms with Gasteiger partial charge < -0.3 is 15.1 Å². The number of carbonyl (C=O) groups excluding carboxylic acids is 1. The summed E-state index contributed by atoms with van der Waals surface area (Å²) in [5, 5.41) is 4.24. The van der Waals surface area contributed by atoms with Crippen LogP contribution in [0.2, 0.25) is 5.02 Å². The summed E-state index contributed by atoms with van der Waals surface area (Å²) in [5.41, 5.74) is 0.992. The van der Waals surface area contributed by atoms with Crippen LogP contribution < -0.4 is 10.2 Å². The second-order valence-electron chi connectivity index (χ2n) is 10.3. The van der Waals surface area contributed by atoms with E-state index < -0.39 is 0 Å². The van der Waals surface area contributed by atoms with Crippen LogP contribution in [0.4, 0.5) is 5.69 Å². The molecule has 6 heteroatoms. The molecule has 0 unspecified atom stereocenters. The van der Waals surface area contributed by atoms with Gasteiger partial charge in [0.1, 0.15) is 0 Å². The fourth-order valence-electron chi connectivity index (χ4n) is 5.69. The summed E-state index contributed by atoms with van der Waals surface area (Å²) in [7, 11) is 0. The van der Waals surface area contributed by atoms with Crippen molar-refractivity contribution in [1.82, 2.24) is 15.1 Å². The first-order valence-corrected chi connectivity index (χ1v) is 11.9. The topological polar surface area (TPSA) is 38.8 Å². The molecule has 3 fully saturated rings. The molecule has 3 aliphatic rings. The van der Waals surface area contributed by atoms with E-state index in [0.717, 1.165) is 76.5 Å². The van der Waals surface area contributed by atoms with E-state index in [0.29, 0.717) is 11.9 Å². The third kappa shape index (κ3) is 4.49. The summed E-state index contributed by atoms with van der Waals surface area (Å²) in [6.45, 7) is 13.8. The maximum Gasteiger partial charge on any atom is 0.229 e. The largest absolute Gasteiger partial charge is 0.369 e. The molecule has 1 spiro atoms. The summed E-state index contributed by atoms with van der Waals surface area (Å²) in [6, 6.07) is 8.52. The number of hydrogen-bond donors (Lipinski definition) is 1. The molecule has 1 aromatic carbocycles. The predicted octanol–water partition coefficient (Wildman–Crippen LogP) is 3.62. The van der Waals surface area contributed by atoms with Gasteiger partial charge in [0.2, 0.25) is 5.91 Å². The van der Waals surface area contributed by atoms with Crippen LogP contribution in [0.5, 0.6) is 0 Å².